The van der Waals surface area contributed by atoms with Gasteiger partial charge in [-0.1, -0.05) is 41.9 Å². The van der Waals surface area contributed by atoms with Gasteiger partial charge < -0.3 is 4.90 Å². The Bertz CT molecular complexity index is 615. The van der Waals surface area contributed by atoms with Gasteiger partial charge in [0.15, 0.2) is 0 Å². The number of carbonyl (C=O) groups excluding carboxylic acids is 1. The molecular formula is C16H16ClNOS. The number of halogens is 1. The molecule has 0 heterocycles. The minimum Gasteiger partial charge on any atom is -0.337 e. The molecule has 2 nitrogen and oxygen atoms in total. The summed E-state index contributed by atoms with van der Waals surface area (Å²) in [6.07, 6.45) is 1.97. The quantitative estimate of drug-likeness (QED) is 0.783. The molecule has 104 valence electrons. The van der Waals surface area contributed by atoms with Gasteiger partial charge in [-0.05, 0) is 30.0 Å². The second-order valence-corrected chi connectivity index (χ2v) is 5.71. The second-order valence-electron chi connectivity index (χ2n) is 4.45. The van der Waals surface area contributed by atoms with Gasteiger partial charge in [0, 0.05) is 23.5 Å². The van der Waals surface area contributed by atoms with Crippen molar-refractivity contribution in [2.75, 3.05) is 13.3 Å². The van der Waals surface area contributed by atoms with Crippen molar-refractivity contribution in [2.24, 2.45) is 0 Å². The molecule has 0 saturated heterocycles. The average molecular weight is 306 g/mol. The molecule has 2 aromatic rings. The molecule has 4 heteroatoms. The Morgan fingerprint density at radius 1 is 1.15 bits per heavy atom. The first-order chi connectivity index (χ1) is 9.63. The van der Waals surface area contributed by atoms with Crippen LogP contribution in [0, 0.1) is 0 Å². The van der Waals surface area contributed by atoms with E-state index >= 15 is 0 Å². The fourth-order valence-corrected chi connectivity index (χ4v) is 2.77. The SMILES string of the molecule is CSc1ccccc1C(=O)N(C)Cc1ccccc1Cl. The third-order valence-corrected chi connectivity index (χ3v) is 4.21. The molecule has 0 aromatic heterocycles. The number of amides is 1. The molecule has 0 saturated carbocycles. The topological polar surface area (TPSA) is 20.3 Å². The molecule has 0 spiro atoms. The van der Waals surface area contributed by atoms with Crippen LogP contribution in [0.5, 0.6) is 0 Å². The summed E-state index contributed by atoms with van der Waals surface area (Å²) in [5.74, 6) is 0.00914. The second kappa shape index (κ2) is 6.82. The third-order valence-electron chi connectivity index (χ3n) is 3.05. The largest absolute Gasteiger partial charge is 0.337 e. The first-order valence-electron chi connectivity index (χ1n) is 6.25. The van der Waals surface area contributed by atoms with Crippen molar-refractivity contribution in [3.8, 4) is 0 Å². The van der Waals surface area contributed by atoms with Crippen molar-refractivity contribution in [1.29, 1.82) is 0 Å². The number of carbonyl (C=O) groups is 1. The predicted molar refractivity (Wildman–Crippen MR) is 85.5 cm³/mol. The van der Waals surface area contributed by atoms with Crippen molar-refractivity contribution in [3.05, 3.63) is 64.7 Å². The highest BCUT2D eigenvalue weighted by Crippen LogP contribution is 2.22. The third kappa shape index (κ3) is 3.35. The van der Waals surface area contributed by atoms with E-state index in [0.29, 0.717) is 11.6 Å². The summed E-state index contributed by atoms with van der Waals surface area (Å²) in [6, 6.07) is 15.2. The van der Waals surface area contributed by atoms with Gasteiger partial charge in [0.05, 0.1) is 5.56 Å². The van der Waals surface area contributed by atoms with Crippen LogP contribution in [0.15, 0.2) is 53.4 Å². The normalized spacial score (nSPS) is 10.3. The van der Waals surface area contributed by atoms with Crippen molar-refractivity contribution >= 4 is 29.3 Å². The maximum absolute atomic E-state index is 12.5. The van der Waals surface area contributed by atoms with E-state index < -0.39 is 0 Å². The van der Waals surface area contributed by atoms with E-state index in [-0.39, 0.29) is 5.91 Å². The molecule has 0 radical (unpaired) electrons. The lowest BCUT2D eigenvalue weighted by Gasteiger charge is -2.19. The fraction of sp³-hybridized carbons (Fsp3) is 0.188. The molecule has 2 aromatic carbocycles. The minimum atomic E-state index is 0.00914. The zero-order valence-corrected chi connectivity index (χ0v) is 13.0. The van der Waals surface area contributed by atoms with Crippen molar-refractivity contribution in [2.45, 2.75) is 11.4 Å². The number of nitrogens with zero attached hydrogens (tertiary/aromatic N) is 1. The summed E-state index contributed by atoms with van der Waals surface area (Å²) < 4.78 is 0. The highest BCUT2D eigenvalue weighted by atomic mass is 35.5. The van der Waals surface area contributed by atoms with Crippen LogP contribution >= 0.6 is 23.4 Å². The van der Waals surface area contributed by atoms with Gasteiger partial charge in [0.2, 0.25) is 0 Å². The molecular weight excluding hydrogens is 290 g/mol. The number of hydrogen-bond donors (Lipinski definition) is 0. The summed E-state index contributed by atoms with van der Waals surface area (Å²) in [5.41, 5.74) is 1.68. The van der Waals surface area contributed by atoms with Gasteiger partial charge in [-0.25, -0.2) is 0 Å². The zero-order chi connectivity index (χ0) is 14.5. The van der Waals surface area contributed by atoms with E-state index in [0.717, 1.165) is 16.0 Å². The van der Waals surface area contributed by atoms with Crippen molar-refractivity contribution < 1.29 is 4.79 Å². The summed E-state index contributed by atoms with van der Waals surface area (Å²) in [4.78, 5) is 15.2. The maximum Gasteiger partial charge on any atom is 0.255 e. The smallest absolute Gasteiger partial charge is 0.255 e. The van der Waals surface area contributed by atoms with Crippen LogP contribution in [0.4, 0.5) is 0 Å². The van der Waals surface area contributed by atoms with Gasteiger partial charge in [0.1, 0.15) is 0 Å². The molecule has 2 rings (SSSR count). The number of rotatable bonds is 4. The molecule has 20 heavy (non-hydrogen) atoms. The lowest BCUT2D eigenvalue weighted by molar-refractivity contribution is 0.0782. The molecule has 0 aliphatic heterocycles. The highest BCUT2D eigenvalue weighted by Gasteiger charge is 2.16. The molecule has 0 bridgehead atoms. The molecule has 0 aliphatic carbocycles. The van der Waals surface area contributed by atoms with E-state index in [1.807, 2.05) is 54.8 Å². The Hall–Kier alpha value is -1.45. The first-order valence-corrected chi connectivity index (χ1v) is 7.85. The van der Waals surface area contributed by atoms with Crippen LogP contribution in [0.25, 0.3) is 0 Å². The van der Waals surface area contributed by atoms with E-state index in [9.17, 15) is 4.79 Å². The first kappa shape index (κ1) is 14.9. The molecule has 0 N–H and O–H groups in total. The Morgan fingerprint density at radius 2 is 1.80 bits per heavy atom. The van der Waals surface area contributed by atoms with Crippen LogP contribution in [-0.2, 0) is 6.54 Å². The number of thioether (sulfide) groups is 1. The van der Waals surface area contributed by atoms with Crippen molar-refractivity contribution in [1.82, 2.24) is 4.90 Å². The Labute approximate surface area is 128 Å². The number of hydrogen-bond acceptors (Lipinski definition) is 2. The van der Waals surface area contributed by atoms with Crippen LogP contribution < -0.4 is 0 Å². The zero-order valence-electron chi connectivity index (χ0n) is 11.5. The van der Waals surface area contributed by atoms with E-state index in [1.54, 1.807) is 23.7 Å². The summed E-state index contributed by atoms with van der Waals surface area (Å²) in [6.45, 7) is 0.501. The average Bonchev–Trinajstić information content (AvgIpc) is 2.48. The minimum absolute atomic E-state index is 0.00914. The van der Waals surface area contributed by atoms with Crippen LogP contribution in [0.1, 0.15) is 15.9 Å². The molecule has 0 unspecified atom stereocenters. The Kier molecular flexibility index (Phi) is 5.10. The van der Waals surface area contributed by atoms with Crippen LogP contribution in [0.2, 0.25) is 5.02 Å². The number of benzene rings is 2. The Balaban J connectivity index is 2.19. The van der Waals surface area contributed by atoms with Gasteiger partial charge in [0.25, 0.3) is 5.91 Å². The molecule has 1 amide bonds. The van der Waals surface area contributed by atoms with Gasteiger partial charge in [-0.15, -0.1) is 11.8 Å². The van der Waals surface area contributed by atoms with Gasteiger partial charge >= 0.3 is 0 Å². The lowest BCUT2D eigenvalue weighted by Crippen LogP contribution is -2.26. The van der Waals surface area contributed by atoms with Gasteiger partial charge in [-0.3, -0.25) is 4.79 Å². The molecule has 0 fully saturated rings. The molecule has 0 atom stereocenters. The monoisotopic (exact) mass is 305 g/mol. The van der Waals surface area contributed by atoms with Crippen LogP contribution in [-0.4, -0.2) is 24.1 Å². The maximum atomic E-state index is 12.5. The van der Waals surface area contributed by atoms with E-state index in [1.165, 1.54) is 0 Å². The standard InChI is InChI=1S/C16H16ClNOS/c1-18(11-12-7-3-5-9-14(12)17)16(19)13-8-4-6-10-15(13)20-2/h3-10H,11H2,1-2H3. The van der Waals surface area contributed by atoms with E-state index in [4.69, 9.17) is 11.6 Å². The van der Waals surface area contributed by atoms with E-state index in [2.05, 4.69) is 0 Å². The summed E-state index contributed by atoms with van der Waals surface area (Å²) in [5, 5.41) is 0.685. The van der Waals surface area contributed by atoms with Gasteiger partial charge in [-0.2, -0.15) is 0 Å². The van der Waals surface area contributed by atoms with Crippen LogP contribution in [0.3, 0.4) is 0 Å². The lowest BCUT2D eigenvalue weighted by atomic mass is 10.1. The summed E-state index contributed by atoms with van der Waals surface area (Å²) in [7, 11) is 1.79. The van der Waals surface area contributed by atoms with Crippen molar-refractivity contribution in [3.63, 3.8) is 0 Å². The summed E-state index contributed by atoms with van der Waals surface area (Å²) >= 11 is 7.71. The predicted octanol–water partition coefficient (Wildman–Crippen LogP) is 4.33. The Morgan fingerprint density at radius 3 is 2.50 bits per heavy atom. The molecule has 0 aliphatic rings. The highest BCUT2D eigenvalue weighted by molar-refractivity contribution is 7.98. The fourth-order valence-electron chi connectivity index (χ4n) is 1.98.